The van der Waals surface area contributed by atoms with Crippen molar-refractivity contribution < 1.29 is 22.3 Å². The number of anilines is 1. The molecule has 0 amide bonds. The highest BCUT2D eigenvalue weighted by atomic mass is 19.4. The molecule has 0 aliphatic carbocycles. The number of ether oxygens (including phenoxy) is 1. The molecule has 0 radical (unpaired) electrons. The van der Waals surface area contributed by atoms with Gasteiger partial charge in [0.25, 0.3) is 0 Å². The zero-order chi connectivity index (χ0) is 14.8. The predicted octanol–water partition coefficient (Wildman–Crippen LogP) is 3.67. The third-order valence-corrected chi connectivity index (χ3v) is 2.68. The highest BCUT2D eigenvalue weighted by Gasteiger charge is 2.32. The van der Waals surface area contributed by atoms with Crippen molar-refractivity contribution in [3.05, 3.63) is 48.0 Å². The van der Waals surface area contributed by atoms with Crippen molar-refractivity contribution in [3.8, 4) is 5.75 Å². The molecule has 0 bridgehead atoms. The second-order valence-corrected chi connectivity index (χ2v) is 4.16. The molecule has 0 aliphatic heterocycles. The maximum absolute atomic E-state index is 13.2. The Labute approximate surface area is 112 Å². The smallest absolute Gasteiger partial charge is 0.403 e. The van der Waals surface area contributed by atoms with E-state index in [0.29, 0.717) is 12.2 Å². The minimum absolute atomic E-state index is 0.340. The van der Waals surface area contributed by atoms with Crippen molar-refractivity contribution in [3.63, 3.8) is 0 Å². The number of nitrogens with zero attached hydrogens (tertiary/aromatic N) is 1. The standard InChI is InChI=1S/C13H12F4N2O/c1-19-6-2-3-10(19)8-18-9-4-5-11(14)12(7-9)20-13(15,16)17/h2-7,18H,8H2,1H3. The van der Waals surface area contributed by atoms with Crippen molar-refractivity contribution >= 4 is 5.69 Å². The van der Waals surface area contributed by atoms with Crippen LogP contribution in [0.2, 0.25) is 0 Å². The summed E-state index contributed by atoms with van der Waals surface area (Å²) >= 11 is 0. The van der Waals surface area contributed by atoms with Gasteiger partial charge in [0, 0.05) is 30.7 Å². The fraction of sp³-hybridized carbons (Fsp3) is 0.231. The Morgan fingerprint density at radius 1 is 1.25 bits per heavy atom. The molecule has 2 rings (SSSR count). The van der Waals surface area contributed by atoms with Crippen molar-refractivity contribution in [1.29, 1.82) is 0 Å². The summed E-state index contributed by atoms with van der Waals surface area (Å²) in [5.41, 5.74) is 1.28. The van der Waals surface area contributed by atoms with E-state index in [1.54, 1.807) is 0 Å². The lowest BCUT2D eigenvalue weighted by Crippen LogP contribution is -2.18. The van der Waals surface area contributed by atoms with Gasteiger partial charge in [0.1, 0.15) is 0 Å². The molecule has 1 aromatic heterocycles. The molecule has 2 aromatic rings. The molecule has 20 heavy (non-hydrogen) atoms. The van der Waals surface area contributed by atoms with Crippen molar-refractivity contribution in [2.45, 2.75) is 12.9 Å². The summed E-state index contributed by atoms with van der Waals surface area (Å²) in [6.45, 7) is 0.403. The van der Waals surface area contributed by atoms with Gasteiger partial charge in [-0.15, -0.1) is 13.2 Å². The number of hydrogen-bond acceptors (Lipinski definition) is 2. The van der Waals surface area contributed by atoms with E-state index < -0.39 is 17.9 Å². The van der Waals surface area contributed by atoms with E-state index in [1.165, 1.54) is 6.07 Å². The molecule has 1 heterocycles. The number of halogens is 4. The van der Waals surface area contributed by atoms with E-state index in [2.05, 4.69) is 10.1 Å². The number of nitrogens with one attached hydrogen (secondary N) is 1. The van der Waals surface area contributed by atoms with Gasteiger partial charge in [-0.25, -0.2) is 4.39 Å². The van der Waals surface area contributed by atoms with Gasteiger partial charge in [0.15, 0.2) is 11.6 Å². The van der Waals surface area contributed by atoms with Gasteiger partial charge in [0.05, 0.1) is 6.54 Å². The summed E-state index contributed by atoms with van der Waals surface area (Å²) in [6, 6.07) is 6.96. The van der Waals surface area contributed by atoms with Gasteiger partial charge in [-0.05, 0) is 24.3 Å². The summed E-state index contributed by atoms with van der Waals surface area (Å²) in [7, 11) is 1.85. The fourth-order valence-corrected chi connectivity index (χ4v) is 1.69. The normalized spacial score (nSPS) is 11.4. The lowest BCUT2D eigenvalue weighted by Gasteiger charge is -2.12. The van der Waals surface area contributed by atoms with Crippen LogP contribution in [0.3, 0.4) is 0 Å². The minimum Gasteiger partial charge on any atom is -0.403 e. The molecule has 108 valence electrons. The summed E-state index contributed by atoms with van der Waals surface area (Å²) in [6.07, 6.45) is -3.07. The van der Waals surface area contributed by atoms with Crippen LogP contribution in [0.5, 0.6) is 5.75 Å². The first kappa shape index (κ1) is 14.2. The Balaban J connectivity index is 2.09. The molecule has 7 heteroatoms. The molecular formula is C13H12F4N2O. The van der Waals surface area contributed by atoms with Gasteiger partial charge >= 0.3 is 6.36 Å². The number of hydrogen-bond donors (Lipinski definition) is 1. The van der Waals surface area contributed by atoms with Crippen molar-refractivity contribution in [2.75, 3.05) is 5.32 Å². The van der Waals surface area contributed by atoms with Gasteiger partial charge in [0.2, 0.25) is 0 Å². The van der Waals surface area contributed by atoms with E-state index in [-0.39, 0.29) is 0 Å². The summed E-state index contributed by atoms with van der Waals surface area (Å²) < 4.78 is 55.0. The highest BCUT2D eigenvalue weighted by molar-refractivity contribution is 5.49. The molecule has 0 saturated heterocycles. The van der Waals surface area contributed by atoms with Crippen LogP contribution in [0.15, 0.2) is 36.5 Å². The summed E-state index contributed by atoms with van der Waals surface area (Å²) in [4.78, 5) is 0. The topological polar surface area (TPSA) is 26.2 Å². The maximum atomic E-state index is 13.2. The van der Waals surface area contributed by atoms with Gasteiger partial charge in [-0.2, -0.15) is 0 Å². The van der Waals surface area contributed by atoms with Crippen molar-refractivity contribution in [1.82, 2.24) is 4.57 Å². The first-order valence-corrected chi connectivity index (χ1v) is 5.74. The quantitative estimate of drug-likeness (QED) is 0.869. The van der Waals surface area contributed by atoms with Crippen LogP contribution in [-0.2, 0) is 13.6 Å². The molecule has 0 fully saturated rings. The molecule has 1 aromatic carbocycles. The Hall–Kier alpha value is -2.18. The summed E-state index contributed by atoms with van der Waals surface area (Å²) in [5.74, 6) is -1.92. The number of alkyl halides is 3. The number of benzene rings is 1. The molecule has 0 aliphatic rings. The number of rotatable bonds is 4. The first-order chi connectivity index (χ1) is 9.35. The largest absolute Gasteiger partial charge is 0.573 e. The third kappa shape index (κ3) is 3.66. The molecule has 3 nitrogen and oxygen atoms in total. The van der Waals surface area contributed by atoms with E-state index in [1.807, 2.05) is 29.9 Å². The van der Waals surface area contributed by atoms with Crippen LogP contribution in [0.1, 0.15) is 5.69 Å². The number of aromatic nitrogens is 1. The van der Waals surface area contributed by atoms with Gasteiger partial charge in [-0.3, -0.25) is 0 Å². The Morgan fingerprint density at radius 2 is 2.00 bits per heavy atom. The molecule has 0 spiro atoms. The monoisotopic (exact) mass is 288 g/mol. The van der Waals surface area contributed by atoms with E-state index >= 15 is 0 Å². The molecule has 0 atom stereocenters. The first-order valence-electron chi connectivity index (χ1n) is 5.74. The molecular weight excluding hydrogens is 276 g/mol. The molecule has 1 N–H and O–H groups in total. The Morgan fingerprint density at radius 3 is 2.60 bits per heavy atom. The average molecular weight is 288 g/mol. The van der Waals surface area contributed by atoms with Gasteiger partial charge < -0.3 is 14.6 Å². The second-order valence-electron chi connectivity index (χ2n) is 4.16. The molecule has 0 unspecified atom stereocenters. The highest BCUT2D eigenvalue weighted by Crippen LogP contribution is 2.28. The van der Waals surface area contributed by atoms with Crippen LogP contribution in [0.25, 0.3) is 0 Å². The predicted molar refractivity (Wildman–Crippen MR) is 65.8 cm³/mol. The lowest BCUT2D eigenvalue weighted by molar-refractivity contribution is -0.275. The zero-order valence-corrected chi connectivity index (χ0v) is 10.5. The Bertz CT molecular complexity index is 592. The third-order valence-electron chi connectivity index (χ3n) is 2.68. The Kier molecular flexibility index (Phi) is 3.87. The molecule has 0 saturated carbocycles. The van der Waals surface area contributed by atoms with Crippen LogP contribution in [0, 0.1) is 5.82 Å². The second kappa shape index (κ2) is 5.44. The number of aryl methyl sites for hydroxylation is 1. The van der Waals surface area contributed by atoms with Crippen LogP contribution in [-0.4, -0.2) is 10.9 Å². The van der Waals surface area contributed by atoms with E-state index in [9.17, 15) is 17.6 Å². The summed E-state index contributed by atoms with van der Waals surface area (Å²) in [5, 5.41) is 2.91. The van der Waals surface area contributed by atoms with Crippen LogP contribution < -0.4 is 10.1 Å². The maximum Gasteiger partial charge on any atom is 0.573 e. The SMILES string of the molecule is Cn1cccc1CNc1ccc(F)c(OC(F)(F)F)c1. The van der Waals surface area contributed by atoms with Gasteiger partial charge in [-0.1, -0.05) is 0 Å². The fourth-order valence-electron chi connectivity index (χ4n) is 1.69. The van der Waals surface area contributed by atoms with Crippen LogP contribution >= 0.6 is 0 Å². The zero-order valence-electron chi connectivity index (χ0n) is 10.5. The van der Waals surface area contributed by atoms with E-state index in [4.69, 9.17) is 0 Å². The average Bonchev–Trinajstić information content (AvgIpc) is 2.74. The minimum atomic E-state index is -4.92. The van der Waals surface area contributed by atoms with Crippen molar-refractivity contribution in [2.24, 2.45) is 7.05 Å². The lowest BCUT2D eigenvalue weighted by atomic mass is 10.3. The van der Waals surface area contributed by atoms with E-state index in [0.717, 1.165) is 17.8 Å². The van der Waals surface area contributed by atoms with Crippen LogP contribution in [0.4, 0.5) is 23.2 Å².